The zero-order valence-corrected chi connectivity index (χ0v) is 15.9. The summed E-state index contributed by atoms with van der Waals surface area (Å²) >= 11 is 1.79. The number of thiophene rings is 1. The van der Waals surface area contributed by atoms with Crippen LogP contribution >= 0.6 is 11.3 Å². The van der Waals surface area contributed by atoms with Gasteiger partial charge < -0.3 is 0 Å². The van der Waals surface area contributed by atoms with Gasteiger partial charge in [0.15, 0.2) is 0 Å². The fraction of sp³-hybridized carbons (Fsp3) is 0.522. The number of benzene rings is 1. The normalized spacial score (nSPS) is 36.4. The number of nitrogens with zero attached hydrogens (tertiary/aromatic N) is 1. The highest BCUT2D eigenvalue weighted by Crippen LogP contribution is 2.65. The molecule has 0 saturated heterocycles. The predicted octanol–water partition coefficient (Wildman–Crippen LogP) is 6.01. The van der Waals surface area contributed by atoms with Crippen molar-refractivity contribution < 1.29 is 0 Å². The van der Waals surface area contributed by atoms with Gasteiger partial charge >= 0.3 is 0 Å². The highest BCUT2D eigenvalue weighted by Gasteiger charge is 2.57. The van der Waals surface area contributed by atoms with E-state index >= 15 is 0 Å². The van der Waals surface area contributed by atoms with Crippen LogP contribution in [0.4, 0.5) is 0 Å². The second-order valence-corrected chi connectivity index (χ2v) is 10.1. The number of aryl methyl sites for hydroxylation is 1. The van der Waals surface area contributed by atoms with Crippen molar-refractivity contribution in [3.8, 4) is 0 Å². The molecule has 4 aliphatic rings. The average Bonchev–Trinajstić information content (AvgIpc) is 3.07. The fourth-order valence-electron chi connectivity index (χ4n) is 6.58. The third-order valence-corrected chi connectivity index (χ3v) is 7.84. The SMILES string of the molecule is Cc1ccc(C23C[C@@H]4C[C@@H](CC(CN=Cc5cccs5)(C4)C2)C3)cc1. The van der Waals surface area contributed by atoms with E-state index in [0.717, 1.165) is 18.4 Å². The molecule has 4 saturated carbocycles. The molecule has 0 amide bonds. The van der Waals surface area contributed by atoms with Crippen molar-refractivity contribution in [2.75, 3.05) is 6.54 Å². The lowest BCUT2D eigenvalue weighted by molar-refractivity contribution is -0.0663. The van der Waals surface area contributed by atoms with Gasteiger partial charge in [0.05, 0.1) is 0 Å². The first kappa shape index (κ1) is 15.8. The Morgan fingerprint density at radius 1 is 1.08 bits per heavy atom. The molecule has 2 aromatic rings. The topological polar surface area (TPSA) is 12.4 Å². The quantitative estimate of drug-likeness (QED) is 0.599. The first-order valence-electron chi connectivity index (χ1n) is 9.75. The summed E-state index contributed by atoms with van der Waals surface area (Å²) in [6.45, 7) is 3.23. The molecule has 0 spiro atoms. The first-order valence-corrected chi connectivity index (χ1v) is 10.6. The molecular formula is C23H27NS. The molecule has 6 rings (SSSR count). The van der Waals surface area contributed by atoms with Gasteiger partial charge in [-0.15, -0.1) is 11.3 Å². The molecule has 0 aliphatic heterocycles. The fourth-order valence-corrected chi connectivity index (χ4v) is 7.18. The van der Waals surface area contributed by atoms with Gasteiger partial charge in [0.1, 0.15) is 0 Å². The van der Waals surface area contributed by atoms with Crippen molar-refractivity contribution in [1.82, 2.24) is 0 Å². The molecule has 25 heavy (non-hydrogen) atoms. The molecule has 1 heterocycles. The van der Waals surface area contributed by atoms with Gasteiger partial charge in [-0.3, -0.25) is 4.99 Å². The van der Waals surface area contributed by atoms with E-state index in [4.69, 9.17) is 4.99 Å². The maximum absolute atomic E-state index is 4.93. The van der Waals surface area contributed by atoms with E-state index < -0.39 is 0 Å². The highest BCUT2D eigenvalue weighted by atomic mass is 32.1. The molecule has 0 N–H and O–H groups in total. The van der Waals surface area contributed by atoms with Crippen LogP contribution < -0.4 is 0 Å². The van der Waals surface area contributed by atoms with Gasteiger partial charge in [-0.2, -0.15) is 0 Å². The Bertz CT molecular complexity index is 757. The maximum atomic E-state index is 4.93. The molecule has 4 aliphatic carbocycles. The Morgan fingerprint density at radius 2 is 1.84 bits per heavy atom. The Hall–Kier alpha value is -1.41. The van der Waals surface area contributed by atoms with E-state index in [1.165, 1.54) is 49.0 Å². The minimum Gasteiger partial charge on any atom is -0.291 e. The molecular weight excluding hydrogens is 322 g/mol. The number of rotatable bonds is 4. The van der Waals surface area contributed by atoms with Gasteiger partial charge in [-0.25, -0.2) is 0 Å². The van der Waals surface area contributed by atoms with Gasteiger partial charge in [-0.1, -0.05) is 35.9 Å². The molecule has 4 atom stereocenters. The molecule has 1 aromatic carbocycles. The third-order valence-electron chi connectivity index (χ3n) is 7.03. The summed E-state index contributed by atoms with van der Waals surface area (Å²) in [7, 11) is 0. The van der Waals surface area contributed by atoms with Crippen molar-refractivity contribution in [3.05, 3.63) is 57.8 Å². The predicted molar refractivity (Wildman–Crippen MR) is 107 cm³/mol. The maximum Gasteiger partial charge on any atom is 0.0448 e. The Kier molecular flexibility index (Phi) is 3.67. The lowest BCUT2D eigenvalue weighted by Gasteiger charge is -2.62. The summed E-state index contributed by atoms with van der Waals surface area (Å²) in [5, 5.41) is 2.14. The first-order chi connectivity index (χ1) is 12.1. The Morgan fingerprint density at radius 3 is 2.52 bits per heavy atom. The van der Waals surface area contributed by atoms with Gasteiger partial charge in [0.2, 0.25) is 0 Å². The van der Waals surface area contributed by atoms with Crippen molar-refractivity contribution in [1.29, 1.82) is 0 Å². The Balaban J connectivity index is 1.43. The molecule has 1 nitrogen and oxygen atoms in total. The molecule has 4 bridgehead atoms. The largest absolute Gasteiger partial charge is 0.291 e. The van der Waals surface area contributed by atoms with Crippen molar-refractivity contribution in [2.45, 2.75) is 50.9 Å². The standard InChI is InChI=1S/C23H27NS/c1-17-4-6-20(7-5-17)23-12-18-9-19(13-23)11-22(10-18,15-23)16-24-14-21-3-2-8-25-21/h2-8,14,18-19H,9-13,15-16H2,1H3/t18-,19+,22?,23?. The number of hydrogen-bond acceptors (Lipinski definition) is 2. The zero-order valence-electron chi connectivity index (χ0n) is 15.1. The van der Waals surface area contributed by atoms with Crippen LogP contribution in [0.2, 0.25) is 0 Å². The lowest BCUT2D eigenvalue weighted by Crippen LogP contribution is -2.55. The summed E-state index contributed by atoms with van der Waals surface area (Å²) < 4.78 is 0. The van der Waals surface area contributed by atoms with Crippen LogP contribution in [0.5, 0.6) is 0 Å². The highest BCUT2D eigenvalue weighted by molar-refractivity contribution is 7.11. The molecule has 1 aromatic heterocycles. The average molecular weight is 350 g/mol. The molecule has 2 heteroatoms. The summed E-state index contributed by atoms with van der Waals surface area (Å²) in [5.74, 6) is 1.86. The van der Waals surface area contributed by atoms with E-state index in [2.05, 4.69) is 54.9 Å². The minimum atomic E-state index is 0.441. The Labute approximate surface area is 155 Å². The molecule has 4 fully saturated rings. The van der Waals surface area contributed by atoms with Crippen molar-refractivity contribution in [2.24, 2.45) is 22.2 Å². The molecule has 2 unspecified atom stereocenters. The van der Waals surface area contributed by atoms with E-state index in [-0.39, 0.29) is 0 Å². The van der Waals surface area contributed by atoms with Crippen LogP contribution in [-0.2, 0) is 5.41 Å². The van der Waals surface area contributed by atoms with E-state index in [1.54, 1.807) is 16.9 Å². The van der Waals surface area contributed by atoms with Gasteiger partial charge in [0, 0.05) is 17.6 Å². The van der Waals surface area contributed by atoms with Crippen LogP contribution in [0.15, 0.2) is 46.8 Å². The zero-order chi connectivity index (χ0) is 16.9. The molecule has 130 valence electrons. The summed E-state index contributed by atoms with van der Waals surface area (Å²) in [5.41, 5.74) is 3.89. The van der Waals surface area contributed by atoms with Crippen LogP contribution in [0.1, 0.15) is 54.5 Å². The van der Waals surface area contributed by atoms with Crippen LogP contribution in [0.25, 0.3) is 0 Å². The minimum absolute atomic E-state index is 0.441. The van der Waals surface area contributed by atoms with Crippen LogP contribution in [-0.4, -0.2) is 12.8 Å². The van der Waals surface area contributed by atoms with E-state index in [0.29, 0.717) is 10.8 Å². The molecule has 0 radical (unpaired) electrons. The van der Waals surface area contributed by atoms with Crippen molar-refractivity contribution >= 4 is 17.6 Å². The monoisotopic (exact) mass is 349 g/mol. The van der Waals surface area contributed by atoms with E-state index in [9.17, 15) is 0 Å². The van der Waals surface area contributed by atoms with Gasteiger partial charge in [-0.05, 0) is 85.1 Å². The smallest absolute Gasteiger partial charge is 0.0448 e. The van der Waals surface area contributed by atoms with E-state index in [1.807, 2.05) is 0 Å². The third kappa shape index (κ3) is 2.79. The second-order valence-electron chi connectivity index (χ2n) is 9.09. The summed E-state index contributed by atoms with van der Waals surface area (Å²) in [6.07, 6.45) is 10.6. The second kappa shape index (κ2) is 5.81. The summed E-state index contributed by atoms with van der Waals surface area (Å²) in [6, 6.07) is 13.8. The van der Waals surface area contributed by atoms with Gasteiger partial charge in [0.25, 0.3) is 0 Å². The summed E-state index contributed by atoms with van der Waals surface area (Å²) in [4.78, 5) is 6.22. The van der Waals surface area contributed by atoms with Crippen molar-refractivity contribution in [3.63, 3.8) is 0 Å². The lowest BCUT2D eigenvalue weighted by atomic mass is 9.43. The number of hydrogen-bond donors (Lipinski definition) is 0. The van der Waals surface area contributed by atoms with Crippen LogP contribution in [0, 0.1) is 24.2 Å². The number of aliphatic imine (C=N–C) groups is 1. The van der Waals surface area contributed by atoms with Crippen LogP contribution in [0.3, 0.4) is 0 Å².